The second kappa shape index (κ2) is 3.64. The Morgan fingerprint density at radius 1 is 1.50 bits per heavy atom. The third-order valence-electron chi connectivity index (χ3n) is 2.74. The summed E-state index contributed by atoms with van der Waals surface area (Å²) >= 11 is 0. The standard InChI is InChI=1S/C11H17NO4/c1-11(2,3)16-10(14)12-5-4-7-6-8(12)9(13)15-7/h7-8H,4-6H2,1-3H3/t7-,8+/m0/s1. The molecule has 90 valence electrons. The van der Waals surface area contributed by atoms with E-state index >= 15 is 0 Å². The van der Waals surface area contributed by atoms with Crippen molar-refractivity contribution >= 4 is 12.1 Å². The summed E-state index contributed by atoms with van der Waals surface area (Å²) in [6.45, 7) is 5.97. The number of esters is 1. The molecule has 1 amide bonds. The predicted octanol–water partition coefficient (Wildman–Crippen LogP) is 1.31. The van der Waals surface area contributed by atoms with Crippen LogP contribution in [0.25, 0.3) is 0 Å². The molecule has 2 atom stereocenters. The zero-order chi connectivity index (χ0) is 11.9. The lowest BCUT2D eigenvalue weighted by Crippen LogP contribution is -2.47. The van der Waals surface area contributed by atoms with Gasteiger partial charge >= 0.3 is 12.1 Å². The van der Waals surface area contributed by atoms with E-state index in [-0.39, 0.29) is 12.1 Å². The normalized spacial score (nSPS) is 28.9. The number of likely N-dealkylation sites (tertiary alicyclic amines) is 1. The largest absolute Gasteiger partial charge is 0.461 e. The molecule has 0 aromatic rings. The predicted molar refractivity (Wildman–Crippen MR) is 55.8 cm³/mol. The van der Waals surface area contributed by atoms with Gasteiger partial charge in [0, 0.05) is 19.4 Å². The number of amides is 1. The van der Waals surface area contributed by atoms with E-state index in [1.165, 1.54) is 4.90 Å². The maximum Gasteiger partial charge on any atom is 0.411 e. The third kappa shape index (κ3) is 2.13. The second-order valence-electron chi connectivity index (χ2n) is 5.27. The van der Waals surface area contributed by atoms with E-state index in [4.69, 9.17) is 9.47 Å². The molecule has 0 radical (unpaired) electrons. The van der Waals surface area contributed by atoms with Crippen molar-refractivity contribution in [2.45, 2.75) is 51.4 Å². The highest BCUT2D eigenvalue weighted by molar-refractivity contribution is 5.83. The summed E-state index contributed by atoms with van der Waals surface area (Å²) in [6, 6.07) is -0.436. The van der Waals surface area contributed by atoms with Gasteiger partial charge < -0.3 is 9.47 Å². The van der Waals surface area contributed by atoms with E-state index in [0.29, 0.717) is 19.4 Å². The lowest BCUT2D eigenvalue weighted by molar-refractivity contribution is -0.143. The SMILES string of the molecule is CC(C)(C)OC(=O)N1CC[C@H]2C[C@@H]1C(=O)O2. The molecule has 0 unspecified atom stereocenters. The molecule has 2 aliphatic rings. The maximum absolute atomic E-state index is 11.8. The van der Waals surface area contributed by atoms with Crippen molar-refractivity contribution in [3.8, 4) is 0 Å². The molecule has 0 aliphatic carbocycles. The van der Waals surface area contributed by atoms with Gasteiger partial charge in [-0.1, -0.05) is 0 Å². The number of piperidine rings is 1. The molecule has 2 saturated heterocycles. The highest BCUT2D eigenvalue weighted by atomic mass is 16.6. The Bertz CT molecular complexity index is 320. The lowest BCUT2D eigenvalue weighted by Gasteiger charge is -2.31. The first-order valence-corrected chi connectivity index (χ1v) is 5.57. The number of hydrogen-bond acceptors (Lipinski definition) is 4. The second-order valence-corrected chi connectivity index (χ2v) is 5.27. The molecule has 2 heterocycles. The quantitative estimate of drug-likeness (QED) is 0.585. The van der Waals surface area contributed by atoms with Crippen molar-refractivity contribution in [3.63, 3.8) is 0 Å². The van der Waals surface area contributed by atoms with Crippen LogP contribution in [0.1, 0.15) is 33.6 Å². The van der Waals surface area contributed by atoms with E-state index in [1.54, 1.807) is 0 Å². The first kappa shape index (κ1) is 11.2. The van der Waals surface area contributed by atoms with Crippen LogP contribution in [0.4, 0.5) is 4.79 Å². The van der Waals surface area contributed by atoms with Gasteiger partial charge in [0.15, 0.2) is 0 Å². The van der Waals surface area contributed by atoms with Crippen LogP contribution in [0.15, 0.2) is 0 Å². The summed E-state index contributed by atoms with van der Waals surface area (Å²) in [6.07, 6.45) is 0.894. The number of ether oxygens (including phenoxy) is 2. The topological polar surface area (TPSA) is 55.8 Å². The van der Waals surface area contributed by atoms with Gasteiger partial charge in [-0.15, -0.1) is 0 Å². The Labute approximate surface area is 94.7 Å². The van der Waals surface area contributed by atoms with E-state index < -0.39 is 17.7 Å². The highest BCUT2D eigenvalue weighted by Gasteiger charge is 2.45. The van der Waals surface area contributed by atoms with E-state index in [9.17, 15) is 9.59 Å². The minimum Gasteiger partial charge on any atom is -0.461 e. The van der Waals surface area contributed by atoms with Crippen molar-refractivity contribution in [2.75, 3.05) is 6.54 Å². The number of nitrogens with zero attached hydrogens (tertiary/aromatic N) is 1. The fourth-order valence-corrected chi connectivity index (χ4v) is 2.05. The van der Waals surface area contributed by atoms with Crippen molar-refractivity contribution in [2.24, 2.45) is 0 Å². The van der Waals surface area contributed by atoms with Gasteiger partial charge in [0.05, 0.1) is 0 Å². The fourth-order valence-electron chi connectivity index (χ4n) is 2.05. The van der Waals surface area contributed by atoms with Gasteiger partial charge in [-0.05, 0) is 20.8 Å². The average molecular weight is 227 g/mol. The number of carbonyl (C=O) groups excluding carboxylic acids is 2. The van der Waals surface area contributed by atoms with Crippen LogP contribution >= 0.6 is 0 Å². The molecule has 0 spiro atoms. The van der Waals surface area contributed by atoms with Crippen LogP contribution in [-0.2, 0) is 14.3 Å². The van der Waals surface area contributed by atoms with Crippen LogP contribution in [0.2, 0.25) is 0 Å². The molecule has 2 bridgehead atoms. The van der Waals surface area contributed by atoms with Crippen LogP contribution in [-0.4, -0.2) is 41.3 Å². The number of fused-ring (bicyclic) bond motifs is 2. The lowest BCUT2D eigenvalue weighted by atomic mass is 10.0. The molecule has 16 heavy (non-hydrogen) atoms. The molecule has 5 heteroatoms. The third-order valence-corrected chi connectivity index (χ3v) is 2.74. The molecular formula is C11H17NO4. The molecule has 5 nitrogen and oxygen atoms in total. The molecule has 0 saturated carbocycles. The summed E-state index contributed by atoms with van der Waals surface area (Å²) in [5.41, 5.74) is -0.531. The van der Waals surface area contributed by atoms with Crippen molar-refractivity contribution in [1.29, 1.82) is 0 Å². The summed E-state index contributed by atoms with van der Waals surface area (Å²) in [7, 11) is 0. The fraction of sp³-hybridized carbons (Fsp3) is 0.818. The first-order valence-electron chi connectivity index (χ1n) is 5.57. The van der Waals surface area contributed by atoms with Crippen LogP contribution in [0, 0.1) is 0 Å². The number of hydrogen-bond donors (Lipinski definition) is 0. The molecular weight excluding hydrogens is 210 g/mol. The van der Waals surface area contributed by atoms with Crippen molar-refractivity contribution < 1.29 is 19.1 Å². The van der Waals surface area contributed by atoms with Crippen LogP contribution in [0.3, 0.4) is 0 Å². The summed E-state index contributed by atoms with van der Waals surface area (Å²) < 4.78 is 10.4. The Kier molecular flexibility index (Phi) is 2.56. The molecule has 2 fully saturated rings. The number of rotatable bonds is 0. The smallest absolute Gasteiger partial charge is 0.411 e. The van der Waals surface area contributed by atoms with Crippen molar-refractivity contribution in [3.05, 3.63) is 0 Å². The van der Waals surface area contributed by atoms with Gasteiger partial charge in [0.1, 0.15) is 17.7 Å². The van der Waals surface area contributed by atoms with E-state index in [2.05, 4.69) is 0 Å². The molecule has 0 aromatic heterocycles. The van der Waals surface area contributed by atoms with Crippen LogP contribution in [0.5, 0.6) is 0 Å². The first-order chi connectivity index (χ1) is 7.37. The minimum atomic E-state index is -0.531. The average Bonchev–Trinajstić information content (AvgIpc) is 2.40. The maximum atomic E-state index is 11.8. The Morgan fingerprint density at radius 3 is 2.81 bits per heavy atom. The number of carbonyl (C=O) groups is 2. The minimum absolute atomic E-state index is 0.00353. The van der Waals surface area contributed by atoms with Gasteiger partial charge in [-0.2, -0.15) is 0 Å². The summed E-state index contributed by atoms with van der Waals surface area (Å²) in [4.78, 5) is 24.8. The van der Waals surface area contributed by atoms with Gasteiger partial charge in [-0.3, -0.25) is 4.90 Å². The Morgan fingerprint density at radius 2 is 2.19 bits per heavy atom. The molecule has 2 aliphatic heterocycles. The van der Waals surface area contributed by atoms with Gasteiger partial charge in [0.25, 0.3) is 0 Å². The zero-order valence-electron chi connectivity index (χ0n) is 9.86. The highest BCUT2D eigenvalue weighted by Crippen LogP contribution is 2.29. The molecule has 2 rings (SSSR count). The summed E-state index contributed by atoms with van der Waals surface area (Å²) in [5.74, 6) is -0.298. The summed E-state index contributed by atoms with van der Waals surface area (Å²) in [5, 5.41) is 0. The van der Waals surface area contributed by atoms with Gasteiger partial charge in [-0.25, -0.2) is 9.59 Å². The zero-order valence-corrected chi connectivity index (χ0v) is 9.86. The molecule has 0 aromatic carbocycles. The van der Waals surface area contributed by atoms with Crippen molar-refractivity contribution in [1.82, 2.24) is 4.90 Å². The molecule has 0 N–H and O–H groups in total. The van der Waals surface area contributed by atoms with E-state index in [0.717, 1.165) is 0 Å². The Hall–Kier alpha value is -1.26. The Balaban J connectivity index is 2.04. The van der Waals surface area contributed by atoms with E-state index in [1.807, 2.05) is 20.8 Å². The van der Waals surface area contributed by atoms with Crippen LogP contribution < -0.4 is 0 Å². The monoisotopic (exact) mass is 227 g/mol. The van der Waals surface area contributed by atoms with Gasteiger partial charge in [0.2, 0.25) is 0 Å².